The molecule has 0 spiro atoms. The summed E-state index contributed by atoms with van der Waals surface area (Å²) >= 11 is 1.77. The molecule has 0 aromatic carbocycles. The summed E-state index contributed by atoms with van der Waals surface area (Å²) in [6.07, 6.45) is 8.09. The molecule has 130 valence electrons. The van der Waals surface area contributed by atoms with Gasteiger partial charge in [-0.05, 0) is 24.3 Å². The Labute approximate surface area is 145 Å². The maximum Gasteiger partial charge on any atom is 0.315 e. The molecule has 0 aliphatic heterocycles. The van der Waals surface area contributed by atoms with E-state index < -0.39 is 6.04 Å². The minimum absolute atomic E-state index is 0.0640. The molecule has 6 nitrogen and oxygen atoms in total. The van der Waals surface area contributed by atoms with Crippen molar-refractivity contribution in [2.24, 2.45) is 7.05 Å². The molecular formula is C17H24N4O2S. The van der Waals surface area contributed by atoms with Crippen molar-refractivity contribution in [1.82, 2.24) is 20.4 Å². The van der Waals surface area contributed by atoms with Crippen molar-refractivity contribution in [1.29, 1.82) is 0 Å². The lowest BCUT2D eigenvalue weighted by atomic mass is 9.84. The minimum Gasteiger partial charge on any atom is -0.394 e. The summed E-state index contributed by atoms with van der Waals surface area (Å²) in [6.45, 7) is 0.472. The van der Waals surface area contributed by atoms with Gasteiger partial charge in [0.2, 0.25) is 0 Å². The second-order valence-corrected chi connectivity index (χ2v) is 7.42. The minimum atomic E-state index is -0.444. The summed E-state index contributed by atoms with van der Waals surface area (Å²) in [5.41, 5.74) is 0.859. The zero-order chi connectivity index (χ0) is 17.0. The van der Waals surface area contributed by atoms with E-state index in [4.69, 9.17) is 0 Å². The lowest BCUT2D eigenvalue weighted by Crippen LogP contribution is -2.45. The van der Waals surface area contributed by atoms with Gasteiger partial charge in [0.05, 0.1) is 18.8 Å². The van der Waals surface area contributed by atoms with Gasteiger partial charge in [-0.15, -0.1) is 11.3 Å². The predicted octanol–water partition coefficient (Wildman–Crippen LogP) is 2.33. The number of aromatic nitrogens is 2. The van der Waals surface area contributed by atoms with Gasteiger partial charge in [0.25, 0.3) is 0 Å². The molecule has 1 saturated carbocycles. The number of aliphatic hydroxyl groups excluding tert-OH is 1. The van der Waals surface area contributed by atoms with Gasteiger partial charge in [-0.3, -0.25) is 4.68 Å². The molecule has 0 radical (unpaired) electrons. The zero-order valence-corrected chi connectivity index (χ0v) is 14.7. The molecule has 2 aromatic heterocycles. The van der Waals surface area contributed by atoms with Gasteiger partial charge in [0.1, 0.15) is 0 Å². The predicted molar refractivity (Wildman–Crippen MR) is 94.0 cm³/mol. The number of nitrogens with one attached hydrogen (secondary N) is 2. The third kappa shape index (κ3) is 3.62. The molecule has 1 unspecified atom stereocenters. The normalized spacial score (nSPS) is 17.6. The number of nitrogens with zero attached hydrogens (tertiary/aromatic N) is 2. The SMILES string of the molecule is Cn1cc(C(CO)NC(=O)NCC2(c3cccs3)CCCC2)cn1. The lowest BCUT2D eigenvalue weighted by molar-refractivity contribution is 0.214. The molecule has 0 saturated heterocycles. The summed E-state index contributed by atoms with van der Waals surface area (Å²) < 4.78 is 1.65. The zero-order valence-electron chi connectivity index (χ0n) is 13.9. The number of carbonyl (C=O) groups excluding carboxylic acids is 1. The van der Waals surface area contributed by atoms with Gasteiger partial charge in [0.15, 0.2) is 0 Å². The quantitative estimate of drug-likeness (QED) is 0.750. The third-order valence-corrected chi connectivity index (χ3v) is 5.92. The van der Waals surface area contributed by atoms with Crippen LogP contribution in [0.5, 0.6) is 0 Å². The van der Waals surface area contributed by atoms with E-state index in [9.17, 15) is 9.90 Å². The summed E-state index contributed by atoms with van der Waals surface area (Å²) in [4.78, 5) is 13.7. The Kier molecular flexibility index (Phi) is 5.20. The third-order valence-electron chi connectivity index (χ3n) is 4.81. The number of aliphatic hydroxyl groups is 1. The monoisotopic (exact) mass is 348 g/mol. The molecule has 1 fully saturated rings. The van der Waals surface area contributed by atoms with Crippen LogP contribution >= 0.6 is 11.3 Å². The Hall–Kier alpha value is -1.86. The standard InChI is InChI=1S/C17H24N4O2S/c1-21-10-13(9-19-21)14(11-22)20-16(23)18-12-17(6-2-3-7-17)15-5-4-8-24-15/h4-5,8-10,14,22H,2-3,6-7,11-12H2,1H3,(H2,18,20,23). The fourth-order valence-corrected chi connectivity index (χ4v) is 4.44. The average molecular weight is 348 g/mol. The van der Waals surface area contributed by atoms with Crippen LogP contribution in [-0.2, 0) is 12.5 Å². The second-order valence-electron chi connectivity index (χ2n) is 6.47. The van der Waals surface area contributed by atoms with Crippen molar-refractivity contribution in [3.63, 3.8) is 0 Å². The molecular weight excluding hydrogens is 324 g/mol. The van der Waals surface area contributed by atoms with E-state index in [-0.39, 0.29) is 18.1 Å². The number of urea groups is 1. The van der Waals surface area contributed by atoms with Crippen LogP contribution in [0.25, 0.3) is 0 Å². The average Bonchev–Trinajstić information content (AvgIpc) is 3.31. The van der Waals surface area contributed by atoms with E-state index in [1.54, 1.807) is 28.4 Å². The van der Waals surface area contributed by atoms with Crippen molar-refractivity contribution in [2.45, 2.75) is 37.1 Å². The Morgan fingerprint density at radius 2 is 2.29 bits per heavy atom. The first kappa shape index (κ1) is 17.0. The summed E-state index contributed by atoms with van der Waals surface area (Å²) in [7, 11) is 1.81. The van der Waals surface area contributed by atoms with Crippen LogP contribution in [-0.4, -0.2) is 34.1 Å². The number of rotatable bonds is 6. The first-order chi connectivity index (χ1) is 11.6. The van der Waals surface area contributed by atoms with Gasteiger partial charge >= 0.3 is 6.03 Å². The topological polar surface area (TPSA) is 79.2 Å². The fourth-order valence-electron chi connectivity index (χ4n) is 3.46. The molecule has 1 aliphatic rings. The lowest BCUT2D eigenvalue weighted by Gasteiger charge is -2.28. The van der Waals surface area contributed by atoms with E-state index in [1.807, 2.05) is 7.05 Å². The van der Waals surface area contributed by atoms with E-state index in [0.29, 0.717) is 6.54 Å². The molecule has 1 atom stereocenters. The highest BCUT2D eigenvalue weighted by Crippen LogP contribution is 2.42. The van der Waals surface area contributed by atoms with Gasteiger partial charge in [-0.25, -0.2) is 4.79 Å². The first-order valence-electron chi connectivity index (χ1n) is 8.31. The van der Waals surface area contributed by atoms with Crippen molar-refractivity contribution in [3.8, 4) is 0 Å². The maximum atomic E-state index is 12.3. The largest absolute Gasteiger partial charge is 0.394 e. The highest BCUT2D eigenvalue weighted by molar-refractivity contribution is 7.10. The summed E-state index contributed by atoms with van der Waals surface area (Å²) in [6, 6.07) is 3.55. The van der Waals surface area contributed by atoms with E-state index in [1.165, 1.54) is 17.7 Å². The van der Waals surface area contributed by atoms with Crippen LogP contribution in [0.2, 0.25) is 0 Å². The van der Waals surface area contributed by atoms with Crippen LogP contribution < -0.4 is 10.6 Å². The molecule has 3 rings (SSSR count). The Bertz CT molecular complexity index is 662. The number of amides is 2. The second kappa shape index (κ2) is 7.36. The molecule has 2 aromatic rings. The molecule has 2 amide bonds. The van der Waals surface area contributed by atoms with Crippen molar-refractivity contribution < 1.29 is 9.90 Å². The van der Waals surface area contributed by atoms with Crippen LogP contribution in [0.1, 0.15) is 42.2 Å². The Morgan fingerprint density at radius 1 is 1.50 bits per heavy atom. The molecule has 2 heterocycles. The number of thiophene rings is 1. The van der Waals surface area contributed by atoms with Gasteiger partial charge in [0, 0.05) is 35.6 Å². The van der Waals surface area contributed by atoms with Crippen LogP contribution in [0.4, 0.5) is 4.79 Å². The van der Waals surface area contributed by atoms with Crippen LogP contribution in [0.3, 0.4) is 0 Å². The maximum absolute atomic E-state index is 12.3. The smallest absolute Gasteiger partial charge is 0.315 e. The Balaban J connectivity index is 1.60. The Morgan fingerprint density at radius 3 is 2.88 bits per heavy atom. The first-order valence-corrected chi connectivity index (χ1v) is 9.19. The molecule has 7 heteroatoms. The van der Waals surface area contributed by atoms with Gasteiger partial charge in [-0.1, -0.05) is 18.9 Å². The highest BCUT2D eigenvalue weighted by atomic mass is 32.1. The number of carbonyl (C=O) groups is 1. The molecule has 24 heavy (non-hydrogen) atoms. The van der Waals surface area contributed by atoms with E-state index in [0.717, 1.165) is 18.4 Å². The molecule has 0 bridgehead atoms. The van der Waals surface area contributed by atoms with Crippen molar-refractivity contribution >= 4 is 17.4 Å². The van der Waals surface area contributed by atoms with Crippen LogP contribution in [0, 0.1) is 0 Å². The van der Waals surface area contributed by atoms with Gasteiger partial charge in [-0.2, -0.15) is 5.10 Å². The van der Waals surface area contributed by atoms with E-state index in [2.05, 4.69) is 33.2 Å². The fraction of sp³-hybridized carbons (Fsp3) is 0.529. The van der Waals surface area contributed by atoms with E-state index >= 15 is 0 Å². The highest BCUT2D eigenvalue weighted by Gasteiger charge is 2.36. The summed E-state index contributed by atoms with van der Waals surface area (Å²) in [5, 5.41) is 21.6. The van der Waals surface area contributed by atoms with Crippen LogP contribution in [0.15, 0.2) is 29.9 Å². The summed E-state index contributed by atoms with van der Waals surface area (Å²) in [5.74, 6) is 0. The van der Waals surface area contributed by atoms with Crippen molar-refractivity contribution in [3.05, 3.63) is 40.3 Å². The van der Waals surface area contributed by atoms with Crippen molar-refractivity contribution in [2.75, 3.05) is 13.2 Å². The number of aryl methyl sites for hydroxylation is 1. The molecule has 1 aliphatic carbocycles. The molecule has 3 N–H and O–H groups in total. The number of hydrogen-bond donors (Lipinski definition) is 3. The van der Waals surface area contributed by atoms with Gasteiger partial charge < -0.3 is 15.7 Å². The number of hydrogen-bond acceptors (Lipinski definition) is 4.